The van der Waals surface area contributed by atoms with Gasteiger partial charge in [0, 0.05) is 63.9 Å². The van der Waals surface area contributed by atoms with Gasteiger partial charge in [-0.05, 0) is 193 Å². The van der Waals surface area contributed by atoms with Gasteiger partial charge in [-0.15, -0.1) is 0 Å². The molecule has 516 valence electrons. The molecule has 3 heterocycles. The standard InChI is InChI=1S/C16H24O2.C14H16O6.C14H20O3.C12H20O2.C8H10O4.C8H12O3S/c1-4-16(18-15(17)10(2)3)13-6-11-5-12(8-13)9-14(16)7-11;1-6(2)13(16)18-5-10(15)19-11-7-3-8-9(4-7)14(17)20-12(8)11;1-9(2)12(15)17-14-6-10-3-11(7-14)5-13(16,4-10)8-14;1-4-12(8-6-5-7-9-12)14-11(13)10(2)3;1-5(2)7(9)12-6-3-4-11-8(6)10;1-6(2)8(9)11-7-5-12-4-3-10-7/h11-14H,2,4-9H2,1,3H3;7-9,11-12H,1,3-5H2,2H3;10-11,16H,1,3-8H2,2H3;2,4-9H2,1,3H3;6H,1,3-4H2,2H3;7H,1,3-5H2,2H3. The maximum absolute atomic E-state index is 12.0. The summed E-state index contributed by atoms with van der Waals surface area (Å²) < 4.78 is 52.1. The van der Waals surface area contributed by atoms with Gasteiger partial charge < -0.3 is 52.5 Å². The van der Waals surface area contributed by atoms with Crippen LogP contribution >= 0.6 is 11.8 Å². The summed E-state index contributed by atoms with van der Waals surface area (Å²) in [7, 11) is 0. The third-order valence-electron chi connectivity index (χ3n) is 20.6. The zero-order valence-corrected chi connectivity index (χ0v) is 57.1. The molecule has 0 amide bonds. The molecule has 14 rings (SSSR count). The predicted molar refractivity (Wildman–Crippen MR) is 345 cm³/mol. The fourth-order valence-electron chi connectivity index (χ4n) is 16.7. The molecule has 14 aliphatic rings. The van der Waals surface area contributed by atoms with Crippen LogP contribution in [0.4, 0.5) is 0 Å². The number of cyclic esters (lactones) is 1. The second-order valence-electron chi connectivity index (χ2n) is 28.5. The van der Waals surface area contributed by atoms with Crippen LogP contribution in [0.1, 0.15) is 190 Å². The number of carbonyl (C=O) groups is 9. The van der Waals surface area contributed by atoms with E-state index in [1.807, 2.05) is 0 Å². The average molecular weight is 1320 g/mol. The van der Waals surface area contributed by atoms with Gasteiger partial charge in [-0.2, -0.15) is 11.8 Å². The van der Waals surface area contributed by atoms with Crippen LogP contribution in [0.5, 0.6) is 0 Å². The van der Waals surface area contributed by atoms with Crippen LogP contribution in [-0.4, -0.2) is 137 Å². The molecular weight excluding hydrogens is 1220 g/mol. The molecule has 0 radical (unpaired) electrons. The molecule has 20 nitrogen and oxygen atoms in total. The monoisotopic (exact) mass is 1320 g/mol. The molecule has 10 bridgehead atoms. The zero-order chi connectivity index (χ0) is 68.3. The first kappa shape index (κ1) is 74.3. The highest BCUT2D eigenvalue weighted by atomic mass is 32.2. The van der Waals surface area contributed by atoms with E-state index in [2.05, 4.69) is 58.1 Å². The molecule has 9 atom stereocenters. The Morgan fingerprint density at radius 3 is 1.61 bits per heavy atom. The van der Waals surface area contributed by atoms with Crippen LogP contribution in [0.15, 0.2) is 72.9 Å². The Kier molecular flexibility index (Phi) is 25.7. The lowest BCUT2D eigenvalue weighted by atomic mass is 9.49. The van der Waals surface area contributed by atoms with E-state index in [1.165, 1.54) is 71.6 Å². The first-order valence-corrected chi connectivity index (χ1v) is 34.7. The highest BCUT2D eigenvalue weighted by Crippen LogP contribution is 2.62. The third-order valence-corrected chi connectivity index (χ3v) is 21.6. The van der Waals surface area contributed by atoms with Crippen molar-refractivity contribution < 1.29 is 95.6 Å². The molecule has 3 aliphatic heterocycles. The Morgan fingerprint density at radius 1 is 0.581 bits per heavy atom. The fraction of sp³-hybridized carbons (Fsp3) is 0.708. The topological polar surface area (TPSA) is 266 Å². The van der Waals surface area contributed by atoms with Crippen molar-refractivity contribution in [2.75, 3.05) is 31.3 Å². The number of ether oxygens (including phenoxy) is 10. The summed E-state index contributed by atoms with van der Waals surface area (Å²) in [6, 6.07) is 0. The zero-order valence-electron chi connectivity index (χ0n) is 56.2. The minimum Gasteiger partial charge on any atom is -0.463 e. The summed E-state index contributed by atoms with van der Waals surface area (Å²) in [6.07, 6.45) is 19.8. The summed E-state index contributed by atoms with van der Waals surface area (Å²) in [4.78, 5) is 102. The highest BCUT2D eigenvalue weighted by Gasteiger charge is 2.64. The van der Waals surface area contributed by atoms with Crippen LogP contribution in [-0.2, 0) is 90.5 Å². The van der Waals surface area contributed by atoms with Gasteiger partial charge in [-0.1, -0.05) is 59.7 Å². The largest absolute Gasteiger partial charge is 0.463 e. The van der Waals surface area contributed by atoms with Gasteiger partial charge in [0.05, 0.1) is 30.5 Å². The number of thioether (sulfide) groups is 1. The van der Waals surface area contributed by atoms with E-state index >= 15 is 0 Å². The van der Waals surface area contributed by atoms with Crippen LogP contribution in [0.3, 0.4) is 0 Å². The Labute approximate surface area is 553 Å². The summed E-state index contributed by atoms with van der Waals surface area (Å²) in [6.45, 7) is 35.9. The molecule has 1 N–H and O–H groups in total. The number of esters is 9. The smallest absolute Gasteiger partial charge is 0.347 e. The Balaban J connectivity index is 0.000000160. The van der Waals surface area contributed by atoms with Crippen molar-refractivity contribution in [1.29, 1.82) is 0 Å². The number of hydrogen-bond acceptors (Lipinski definition) is 21. The SMILES string of the molecule is C=C(C)C(=O)OC1(CC)C2CC3CC(C2)CC1C3.C=C(C)C(=O)OC1(CC)CCCCC1.C=C(C)C(=O)OC12CC3CC(CC(O)(C3)C1)C2.C=C(C)C(=O)OC1CCOC1=O.C=C(C)C(=O)OC1CSCCO1.C=C(C)C(=O)OCC(=O)OC1C2CC3C(=O)OC1C3C2. The maximum atomic E-state index is 12.0. The van der Waals surface area contributed by atoms with E-state index in [0.717, 1.165) is 87.5 Å². The minimum atomic E-state index is -0.728. The lowest BCUT2D eigenvalue weighted by Crippen LogP contribution is -2.60. The van der Waals surface area contributed by atoms with Gasteiger partial charge in [-0.25, -0.2) is 38.4 Å². The van der Waals surface area contributed by atoms with E-state index in [9.17, 15) is 48.3 Å². The van der Waals surface area contributed by atoms with Gasteiger partial charge in [0.1, 0.15) is 29.0 Å². The van der Waals surface area contributed by atoms with Crippen molar-refractivity contribution in [3.05, 3.63) is 72.9 Å². The molecular formula is C72H102O20S. The van der Waals surface area contributed by atoms with E-state index in [1.54, 1.807) is 39.5 Å². The summed E-state index contributed by atoms with van der Waals surface area (Å²) >= 11 is 1.72. The van der Waals surface area contributed by atoms with Crippen LogP contribution in [0.2, 0.25) is 0 Å². The molecule has 0 aromatic rings. The summed E-state index contributed by atoms with van der Waals surface area (Å²) in [5.74, 6) is 2.69. The number of aliphatic hydroxyl groups is 1. The van der Waals surface area contributed by atoms with Gasteiger partial charge in [-0.3, -0.25) is 4.79 Å². The molecule has 0 aromatic carbocycles. The van der Waals surface area contributed by atoms with Gasteiger partial charge >= 0.3 is 53.7 Å². The molecule has 21 heteroatoms. The molecule has 3 saturated heterocycles. The highest BCUT2D eigenvalue weighted by molar-refractivity contribution is 7.99. The van der Waals surface area contributed by atoms with E-state index in [0.29, 0.717) is 72.0 Å². The van der Waals surface area contributed by atoms with E-state index in [4.69, 9.17) is 42.6 Å². The Morgan fingerprint density at radius 2 is 1.12 bits per heavy atom. The average Bonchev–Trinajstić information content (AvgIpc) is 1.40. The van der Waals surface area contributed by atoms with Gasteiger partial charge in [0.25, 0.3) is 0 Å². The minimum absolute atomic E-state index is 0.0128. The molecule has 0 aromatic heterocycles. The van der Waals surface area contributed by atoms with Crippen LogP contribution in [0, 0.1) is 53.3 Å². The van der Waals surface area contributed by atoms with Crippen molar-refractivity contribution in [3.8, 4) is 0 Å². The lowest BCUT2D eigenvalue weighted by Gasteiger charge is -2.60. The number of fused-ring (bicyclic) bond motifs is 1. The van der Waals surface area contributed by atoms with E-state index in [-0.39, 0.29) is 82.3 Å². The maximum Gasteiger partial charge on any atom is 0.347 e. The molecule has 93 heavy (non-hydrogen) atoms. The Bertz CT molecular complexity index is 2830. The Hall–Kier alpha value is -6.06. The first-order chi connectivity index (χ1) is 43.8. The second kappa shape index (κ2) is 32.1. The molecule has 0 spiro atoms. The summed E-state index contributed by atoms with van der Waals surface area (Å²) in [5.41, 5.74) is 1.10. The molecule has 9 unspecified atom stereocenters. The van der Waals surface area contributed by atoms with Crippen molar-refractivity contribution in [2.24, 2.45) is 53.3 Å². The van der Waals surface area contributed by atoms with Crippen molar-refractivity contribution >= 4 is 65.5 Å². The number of hydrogen-bond donors (Lipinski definition) is 1. The van der Waals surface area contributed by atoms with Crippen molar-refractivity contribution in [3.63, 3.8) is 0 Å². The molecule has 11 saturated carbocycles. The van der Waals surface area contributed by atoms with Crippen LogP contribution in [0.25, 0.3) is 0 Å². The van der Waals surface area contributed by atoms with E-state index < -0.39 is 53.9 Å². The molecule has 14 fully saturated rings. The van der Waals surface area contributed by atoms with Crippen LogP contribution < -0.4 is 0 Å². The number of carbonyl (C=O) groups excluding carboxylic acids is 9. The lowest BCUT2D eigenvalue weighted by molar-refractivity contribution is -0.217. The van der Waals surface area contributed by atoms with Crippen molar-refractivity contribution in [1.82, 2.24) is 0 Å². The van der Waals surface area contributed by atoms with Gasteiger partial charge in [0.15, 0.2) is 6.61 Å². The predicted octanol–water partition coefficient (Wildman–Crippen LogP) is 11.3. The second-order valence-corrected chi connectivity index (χ2v) is 29.6. The fourth-order valence-corrected chi connectivity index (χ4v) is 17.4. The van der Waals surface area contributed by atoms with Crippen molar-refractivity contribution in [2.45, 2.75) is 237 Å². The first-order valence-electron chi connectivity index (χ1n) is 33.5. The third kappa shape index (κ3) is 19.1. The summed E-state index contributed by atoms with van der Waals surface area (Å²) in [5, 5.41) is 10.5. The normalized spacial score (nSPS) is 34.0. The molecule has 11 aliphatic carbocycles. The quantitative estimate of drug-likeness (QED) is 0.0855. The van der Waals surface area contributed by atoms with Gasteiger partial charge in [0.2, 0.25) is 12.4 Å². The number of rotatable bonds is 16.